The van der Waals surface area contributed by atoms with Gasteiger partial charge in [-0.15, -0.1) is 0 Å². The molecule has 0 aliphatic rings. The molecule has 1 amide bonds. The quantitative estimate of drug-likeness (QED) is 0.591. The lowest BCUT2D eigenvalue weighted by Crippen LogP contribution is -2.38. The number of sulfonamides is 1. The minimum absolute atomic E-state index is 0.0801. The minimum Gasteiger partial charge on any atom is -0.324 e. The van der Waals surface area contributed by atoms with E-state index >= 15 is 0 Å². The molecule has 0 aromatic heterocycles. The van der Waals surface area contributed by atoms with Crippen LogP contribution < -0.4 is 9.62 Å². The lowest BCUT2D eigenvalue weighted by Gasteiger charge is -2.24. The summed E-state index contributed by atoms with van der Waals surface area (Å²) >= 11 is 0. The predicted molar refractivity (Wildman–Crippen MR) is 117 cm³/mol. The van der Waals surface area contributed by atoms with Gasteiger partial charge in [0.25, 0.3) is 10.0 Å². The van der Waals surface area contributed by atoms with Gasteiger partial charge in [-0.2, -0.15) is 0 Å². The van der Waals surface area contributed by atoms with Gasteiger partial charge in [-0.3, -0.25) is 9.10 Å². The number of benzene rings is 3. The molecule has 0 aliphatic carbocycles. The number of amides is 1. The van der Waals surface area contributed by atoms with E-state index in [4.69, 9.17) is 0 Å². The third-order valence-electron chi connectivity index (χ3n) is 4.57. The van der Waals surface area contributed by atoms with Crippen molar-refractivity contribution in [2.45, 2.75) is 24.7 Å². The van der Waals surface area contributed by atoms with E-state index < -0.39 is 28.3 Å². The molecule has 3 aromatic rings. The largest absolute Gasteiger partial charge is 0.324 e. The molecule has 0 fully saturated rings. The fraction of sp³-hybridized carbons (Fsp3) is 0.174. The average Bonchev–Trinajstić information content (AvgIpc) is 2.72. The summed E-state index contributed by atoms with van der Waals surface area (Å²) in [6.45, 7) is 3.63. The van der Waals surface area contributed by atoms with Gasteiger partial charge in [0.05, 0.1) is 10.6 Å². The smallest absolute Gasteiger partial charge is 0.264 e. The second-order valence-corrected chi connectivity index (χ2v) is 8.99. The first kappa shape index (κ1) is 21.5. The van der Waals surface area contributed by atoms with Crippen LogP contribution >= 0.6 is 0 Å². The Bertz CT molecular complexity index is 1110. The van der Waals surface area contributed by atoms with Crippen molar-refractivity contribution in [2.75, 3.05) is 16.2 Å². The molecule has 30 heavy (non-hydrogen) atoms. The highest BCUT2D eigenvalue weighted by Crippen LogP contribution is 2.26. The molecule has 3 rings (SSSR count). The Balaban J connectivity index is 1.94. The van der Waals surface area contributed by atoms with Gasteiger partial charge in [-0.05, 0) is 53.9 Å². The Kier molecular flexibility index (Phi) is 6.52. The summed E-state index contributed by atoms with van der Waals surface area (Å²) in [6.07, 6.45) is 0. The Morgan fingerprint density at radius 1 is 0.967 bits per heavy atom. The highest BCUT2D eigenvalue weighted by molar-refractivity contribution is 7.92. The number of rotatable bonds is 7. The zero-order valence-corrected chi connectivity index (χ0v) is 17.6. The molecule has 0 unspecified atom stereocenters. The van der Waals surface area contributed by atoms with Crippen molar-refractivity contribution < 1.29 is 17.6 Å². The Morgan fingerprint density at radius 3 is 2.23 bits per heavy atom. The first-order valence-electron chi connectivity index (χ1n) is 9.50. The predicted octanol–water partition coefficient (Wildman–Crippen LogP) is 4.78. The van der Waals surface area contributed by atoms with E-state index in [9.17, 15) is 17.6 Å². The molecule has 0 saturated carbocycles. The Hall–Kier alpha value is -3.19. The fourth-order valence-electron chi connectivity index (χ4n) is 2.96. The van der Waals surface area contributed by atoms with Crippen LogP contribution in [0.5, 0.6) is 0 Å². The molecule has 0 aliphatic heterocycles. The maximum absolute atomic E-state index is 13.4. The van der Waals surface area contributed by atoms with Crippen LogP contribution in [0.1, 0.15) is 25.3 Å². The van der Waals surface area contributed by atoms with Crippen molar-refractivity contribution in [3.8, 4) is 0 Å². The summed E-state index contributed by atoms with van der Waals surface area (Å²) in [5, 5.41) is 2.55. The maximum atomic E-state index is 13.4. The maximum Gasteiger partial charge on any atom is 0.264 e. The van der Waals surface area contributed by atoms with Crippen molar-refractivity contribution >= 4 is 27.3 Å². The van der Waals surface area contributed by atoms with E-state index in [-0.39, 0.29) is 16.5 Å². The molecule has 5 nitrogen and oxygen atoms in total. The number of carbonyl (C=O) groups excluding carboxylic acids is 1. The standard InChI is InChI=1S/C23H23FN2O3S/c1-17(2)18-11-13-21(14-12-18)26(30(28,29)22-9-4-3-5-10-22)16-23(27)25-20-8-6-7-19(24)15-20/h3-15,17H,16H2,1-2H3,(H,25,27). The van der Waals surface area contributed by atoms with Crippen molar-refractivity contribution in [2.24, 2.45) is 0 Å². The number of anilines is 2. The molecule has 7 heteroatoms. The van der Waals surface area contributed by atoms with Crippen LogP contribution in [0, 0.1) is 5.82 Å². The van der Waals surface area contributed by atoms with Crippen LogP contribution in [0.3, 0.4) is 0 Å². The lowest BCUT2D eigenvalue weighted by atomic mass is 10.0. The van der Waals surface area contributed by atoms with Crippen LogP contribution in [0.2, 0.25) is 0 Å². The van der Waals surface area contributed by atoms with Crippen LogP contribution in [-0.4, -0.2) is 20.9 Å². The van der Waals surface area contributed by atoms with E-state index in [1.54, 1.807) is 30.3 Å². The highest BCUT2D eigenvalue weighted by Gasteiger charge is 2.27. The van der Waals surface area contributed by atoms with E-state index in [0.29, 0.717) is 5.69 Å². The van der Waals surface area contributed by atoms with Gasteiger partial charge in [-0.25, -0.2) is 12.8 Å². The van der Waals surface area contributed by atoms with Gasteiger partial charge in [0.1, 0.15) is 12.4 Å². The van der Waals surface area contributed by atoms with E-state index in [1.807, 2.05) is 26.0 Å². The van der Waals surface area contributed by atoms with Crippen LogP contribution in [0.4, 0.5) is 15.8 Å². The molecule has 1 N–H and O–H groups in total. The first-order valence-corrected chi connectivity index (χ1v) is 10.9. The summed E-state index contributed by atoms with van der Waals surface area (Å²) in [6, 6.07) is 20.4. The zero-order chi connectivity index (χ0) is 21.7. The van der Waals surface area contributed by atoms with Crippen LogP contribution in [0.25, 0.3) is 0 Å². The van der Waals surface area contributed by atoms with Crippen molar-refractivity contribution in [3.63, 3.8) is 0 Å². The summed E-state index contributed by atoms with van der Waals surface area (Å²) in [5.41, 5.74) is 1.69. The van der Waals surface area contributed by atoms with Crippen LogP contribution in [0.15, 0.2) is 83.8 Å². The molecule has 156 valence electrons. The second kappa shape index (κ2) is 9.09. The SMILES string of the molecule is CC(C)c1ccc(N(CC(=O)Nc2cccc(F)c2)S(=O)(=O)c2ccccc2)cc1. The molecule has 0 heterocycles. The summed E-state index contributed by atoms with van der Waals surface area (Å²) in [5.74, 6) is -0.784. The highest BCUT2D eigenvalue weighted by atomic mass is 32.2. The van der Waals surface area contributed by atoms with E-state index in [1.165, 1.54) is 36.4 Å². The van der Waals surface area contributed by atoms with Crippen molar-refractivity contribution in [3.05, 3.63) is 90.2 Å². The molecular weight excluding hydrogens is 403 g/mol. The average molecular weight is 427 g/mol. The second-order valence-electron chi connectivity index (χ2n) is 7.13. The molecule has 3 aromatic carbocycles. The van der Waals surface area contributed by atoms with Crippen molar-refractivity contribution in [1.29, 1.82) is 0 Å². The minimum atomic E-state index is -3.98. The number of halogens is 1. The topological polar surface area (TPSA) is 66.5 Å². The summed E-state index contributed by atoms with van der Waals surface area (Å²) in [7, 11) is -3.98. The molecule has 0 bridgehead atoms. The third-order valence-corrected chi connectivity index (χ3v) is 6.36. The van der Waals surface area contributed by atoms with Crippen LogP contribution in [-0.2, 0) is 14.8 Å². The third kappa shape index (κ3) is 5.04. The van der Waals surface area contributed by atoms with Gasteiger partial charge in [0.2, 0.25) is 5.91 Å². The van der Waals surface area contributed by atoms with Gasteiger partial charge in [0, 0.05) is 5.69 Å². The van der Waals surface area contributed by atoms with Gasteiger partial charge in [0.15, 0.2) is 0 Å². The van der Waals surface area contributed by atoms with Gasteiger partial charge >= 0.3 is 0 Å². The molecule has 0 spiro atoms. The molecule has 0 saturated heterocycles. The zero-order valence-electron chi connectivity index (χ0n) is 16.7. The number of hydrogen-bond donors (Lipinski definition) is 1. The first-order chi connectivity index (χ1) is 14.3. The number of nitrogens with zero attached hydrogens (tertiary/aromatic N) is 1. The summed E-state index contributed by atoms with van der Waals surface area (Å²) in [4.78, 5) is 12.7. The molecule has 0 atom stereocenters. The molecular formula is C23H23FN2O3S. The van der Waals surface area contributed by atoms with E-state index in [0.717, 1.165) is 9.87 Å². The Morgan fingerprint density at radius 2 is 1.63 bits per heavy atom. The number of nitrogens with one attached hydrogen (secondary N) is 1. The van der Waals surface area contributed by atoms with Gasteiger partial charge in [-0.1, -0.05) is 50.2 Å². The van der Waals surface area contributed by atoms with Gasteiger partial charge < -0.3 is 5.32 Å². The number of hydrogen-bond acceptors (Lipinski definition) is 3. The summed E-state index contributed by atoms with van der Waals surface area (Å²) < 4.78 is 41.0. The Labute approximate surface area is 176 Å². The number of carbonyl (C=O) groups is 1. The van der Waals surface area contributed by atoms with Crippen molar-refractivity contribution in [1.82, 2.24) is 0 Å². The monoisotopic (exact) mass is 426 g/mol. The van der Waals surface area contributed by atoms with E-state index in [2.05, 4.69) is 5.32 Å². The molecule has 0 radical (unpaired) electrons. The fourth-order valence-corrected chi connectivity index (χ4v) is 4.40. The lowest BCUT2D eigenvalue weighted by molar-refractivity contribution is -0.114. The normalized spacial score (nSPS) is 11.3.